The van der Waals surface area contributed by atoms with E-state index in [4.69, 9.17) is 16.3 Å². The van der Waals surface area contributed by atoms with Crippen molar-refractivity contribution in [1.29, 1.82) is 0 Å². The van der Waals surface area contributed by atoms with Crippen molar-refractivity contribution in [3.8, 4) is 5.19 Å². The van der Waals surface area contributed by atoms with E-state index in [9.17, 15) is 14.4 Å². The smallest absolute Gasteiger partial charge is 0.369 e. The maximum atomic E-state index is 11.3. The Morgan fingerprint density at radius 1 is 1.62 bits per heavy atom. The van der Waals surface area contributed by atoms with Gasteiger partial charge in [-0.05, 0) is 6.92 Å². The van der Waals surface area contributed by atoms with E-state index in [1.807, 2.05) is 5.32 Å². The highest BCUT2D eigenvalue weighted by Crippen LogP contribution is 2.10. The summed E-state index contributed by atoms with van der Waals surface area (Å²) in [5, 5.41) is 1.98. The van der Waals surface area contributed by atoms with Gasteiger partial charge in [-0.1, -0.05) is 0 Å². The SMILES string of the molecule is CCOc1nc(=O)n(C(=O)NC(=O)CCl)s1. The highest BCUT2D eigenvalue weighted by molar-refractivity contribution is 7.09. The van der Waals surface area contributed by atoms with Crippen LogP contribution in [-0.4, -0.2) is 33.4 Å². The van der Waals surface area contributed by atoms with Gasteiger partial charge in [-0.2, -0.15) is 3.96 Å². The molecule has 9 heteroatoms. The fraction of sp³-hybridized carbons (Fsp3) is 0.429. The van der Waals surface area contributed by atoms with Gasteiger partial charge < -0.3 is 4.74 Å². The Hall–Kier alpha value is -1.41. The molecule has 7 nitrogen and oxygen atoms in total. The van der Waals surface area contributed by atoms with Crippen molar-refractivity contribution in [2.45, 2.75) is 6.92 Å². The monoisotopic (exact) mass is 265 g/mol. The average Bonchev–Trinajstić information content (AvgIpc) is 2.60. The number of rotatable bonds is 3. The van der Waals surface area contributed by atoms with Crippen LogP contribution in [-0.2, 0) is 4.79 Å². The van der Waals surface area contributed by atoms with Crippen molar-refractivity contribution in [1.82, 2.24) is 14.3 Å². The molecular weight excluding hydrogens is 258 g/mol. The lowest BCUT2D eigenvalue weighted by Crippen LogP contribution is -2.38. The number of alkyl halides is 1. The van der Waals surface area contributed by atoms with E-state index in [1.54, 1.807) is 6.92 Å². The normalized spacial score (nSPS) is 9.88. The Labute approximate surface area is 99.1 Å². The van der Waals surface area contributed by atoms with Crippen molar-refractivity contribution in [3.63, 3.8) is 0 Å². The fourth-order valence-electron chi connectivity index (χ4n) is 0.775. The van der Waals surface area contributed by atoms with Gasteiger partial charge in [0.2, 0.25) is 5.91 Å². The topological polar surface area (TPSA) is 90.3 Å². The number of carbonyl (C=O) groups excluding carboxylic acids is 2. The first-order chi connectivity index (χ1) is 7.58. The van der Waals surface area contributed by atoms with Crippen molar-refractivity contribution in [3.05, 3.63) is 10.5 Å². The van der Waals surface area contributed by atoms with Crippen molar-refractivity contribution in [2.75, 3.05) is 12.5 Å². The van der Waals surface area contributed by atoms with Crippen LogP contribution in [0, 0.1) is 0 Å². The maximum absolute atomic E-state index is 11.3. The van der Waals surface area contributed by atoms with E-state index >= 15 is 0 Å². The molecule has 1 aromatic rings. The molecule has 0 saturated heterocycles. The molecule has 0 saturated carbocycles. The molecule has 1 aromatic heterocycles. The van der Waals surface area contributed by atoms with Crippen LogP contribution in [0.25, 0.3) is 0 Å². The summed E-state index contributed by atoms with van der Waals surface area (Å²) in [6.45, 7) is 2.04. The van der Waals surface area contributed by atoms with E-state index in [0.29, 0.717) is 22.1 Å². The zero-order valence-corrected chi connectivity index (χ0v) is 9.80. The Morgan fingerprint density at radius 3 is 2.88 bits per heavy atom. The minimum Gasteiger partial charge on any atom is -0.469 e. The molecular formula is C7H8ClN3O4S. The van der Waals surface area contributed by atoms with Crippen LogP contribution < -0.4 is 15.7 Å². The van der Waals surface area contributed by atoms with Gasteiger partial charge in [0, 0.05) is 11.5 Å². The molecule has 0 radical (unpaired) electrons. The van der Waals surface area contributed by atoms with E-state index in [2.05, 4.69) is 4.98 Å². The molecule has 2 amide bonds. The van der Waals surface area contributed by atoms with Crippen molar-refractivity contribution in [2.24, 2.45) is 0 Å². The molecule has 16 heavy (non-hydrogen) atoms. The summed E-state index contributed by atoms with van der Waals surface area (Å²) in [4.78, 5) is 36.8. The van der Waals surface area contributed by atoms with Gasteiger partial charge in [-0.25, -0.2) is 9.59 Å². The predicted octanol–water partition coefficient (Wildman–Crippen LogP) is 0.0266. The summed E-state index contributed by atoms with van der Waals surface area (Å²) < 4.78 is 5.62. The van der Waals surface area contributed by atoms with Gasteiger partial charge in [0.1, 0.15) is 5.88 Å². The Kier molecular flexibility index (Phi) is 4.44. The molecule has 0 unspecified atom stereocenters. The lowest BCUT2D eigenvalue weighted by Gasteiger charge is -1.98. The second kappa shape index (κ2) is 5.61. The molecule has 0 aliphatic rings. The predicted molar refractivity (Wildman–Crippen MR) is 57.2 cm³/mol. The van der Waals surface area contributed by atoms with Gasteiger partial charge in [-0.3, -0.25) is 10.1 Å². The average molecular weight is 266 g/mol. The Morgan fingerprint density at radius 2 is 2.31 bits per heavy atom. The number of hydrogen-bond donors (Lipinski definition) is 1. The third kappa shape index (κ3) is 3.04. The van der Waals surface area contributed by atoms with Gasteiger partial charge in [-0.15, -0.1) is 16.6 Å². The number of nitrogens with zero attached hydrogens (tertiary/aromatic N) is 2. The number of hydrogen-bond acceptors (Lipinski definition) is 6. The lowest BCUT2D eigenvalue weighted by molar-refractivity contribution is -0.117. The molecule has 0 bridgehead atoms. The summed E-state index contributed by atoms with van der Waals surface area (Å²) in [6, 6.07) is -0.890. The molecule has 1 N–H and O–H groups in total. The molecule has 88 valence electrons. The first kappa shape index (κ1) is 12.7. The molecule has 0 aliphatic carbocycles. The molecule has 0 fully saturated rings. The molecule has 0 atom stereocenters. The van der Waals surface area contributed by atoms with Crippen LogP contribution in [0.4, 0.5) is 4.79 Å². The largest absolute Gasteiger partial charge is 0.469 e. The van der Waals surface area contributed by atoms with Crippen LogP contribution >= 0.6 is 23.1 Å². The van der Waals surface area contributed by atoms with Gasteiger partial charge >= 0.3 is 11.7 Å². The van der Waals surface area contributed by atoms with Crippen LogP contribution in [0.1, 0.15) is 6.92 Å². The number of carbonyl (C=O) groups is 2. The van der Waals surface area contributed by atoms with E-state index in [-0.39, 0.29) is 11.1 Å². The zero-order valence-electron chi connectivity index (χ0n) is 8.23. The van der Waals surface area contributed by atoms with E-state index < -0.39 is 17.6 Å². The summed E-state index contributed by atoms with van der Waals surface area (Å²) in [7, 11) is 0. The number of ether oxygens (including phenoxy) is 1. The minimum atomic E-state index is -0.890. The maximum Gasteiger partial charge on any atom is 0.369 e. The number of imide groups is 1. The molecule has 0 aliphatic heterocycles. The molecule has 0 spiro atoms. The van der Waals surface area contributed by atoms with Crippen molar-refractivity contribution >= 4 is 35.1 Å². The summed E-state index contributed by atoms with van der Waals surface area (Å²) >= 11 is 5.90. The second-order valence-electron chi connectivity index (χ2n) is 2.47. The van der Waals surface area contributed by atoms with Crippen LogP contribution in [0.3, 0.4) is 0 Å². The summed E-state index contributed by atoms with van der Waals surface area (Å²) in [5.74, 6) is -1.05. The third-order valence-corrected chi connectivity index (χ3v) is 2.46. The minimum absolute atomic E-state index is 0.0703. The van der Waals surface area contributed by atoms with Gasteiger partial charge in [0.15, 0.2) is 0 Å². The standard InChI is InChI=1S/C7H8ClN3O4S/c1-2-15-7-10-6(14)11(16-7)5(13)9-4(12)3-8/h2-3H2,1H3,(H,9,12,13). The van der Waals surface area contributed by atoms with E-state index in [1.165, 1.54) is 0 Å². The third-order valence-electron chi connectivity index (χ3n) is 1.35. The summed E-state index contributed by atoms with van der Waals surface area (Å²) in [6.07, 6.45) is 0. The number of aromatic nitrogens is 2. The number of amides is 2. The molecule has 1 rings (SSSR count). The van der Waals surface area contributed by atoms with Gasteiger partial charge in [0.25, 0.3) is 5.19 Å². The first-order valence-electron chi connectivity index (χ1n) is 4.21. The van der Waals surface area contributed by atoms with Crippen molar-refractivity contribution < 1.29 is 14.3 Å². The quantitative estimate of drug-likeness (QED) is 0.779. The highest BCUT2D eigenvalue weighted by atomic mass is 35.5. The lowest BCUT2D eigenvalue weighted by atomic mass is 10.7. The van der Waals surface area contributed by atoms with Crippen LogP contribution in [0.2, 0.25) is 0 Å². The number of halogens is 1. The fourth-order valence-corrected chi connectivity index (χ4v) is 1.53. The Balaban J connectivity index is 2.83. The summed E-state index contributed by atoms with van der Waals surface area (Å²) in [5.41, 5.74) is -0.798. The van der Waals surface area contributed by atoms with Gasteiger partial charge in [0.05, 0.1) is 6.61 Å². The van der Waals surface area contributed by atoms with E-state index in [0.717, 1.165) is 0 Å². The zero-order chi connectivity index (χ0) is 12.1. The van der Waals surface area contributed by atoms with Crippen LogP contribution in [0.5, 0.6) is 5.19 Å². The second-order valence-corrected chi connectivity index (χ2v) is 3.63. The van der Waals surface area contributed by atoms with Crippen LogP contribution in [0.15, 0.2) is 4.79 Å². The highest BCUT2D eigenvalue weighted by Gasteiger charge is 2.15. The molecule has 0 aromatic carbocycles. The number of nitrogens with one attached hydrogen (secondary N) is 1. The molecule has 1 heterocycles. The Bertz CT molecular complexity index is 455. The first-order valence-corrected chi connectivity index (χ1v) is 5.52.